The minimum Gasteiger partial charge on any atom is -0.493 e. The second kappa shape index (κ2) is 5.93. The number of nitrogens with two attached hydrogens (primary N) is 1. The summed E-state index contributed by atoms with van der Waals surface area (Å²) in [7, 11) is 0. The van der Waals surface area contributed by atoms with Crippen LogP contribution in [0.4, 0.5) is 0 Å². The fourth-order valence-corrected chi connectivity index (χ4v) is 1.55. The van der Waals surface area contributed by atoms with Gasteiger partial charge in [-0.25, -0.2) is 0 Å². The minimum atomic E-state index is 0.512. The summed E-state index contributed by atoms with van der Waals surface area (Å²) >= 11 is 3.43. The zero-order valence-electron chi connectivity index (χ0n) is 8.92. The number of benzene rings is 1. The van der Waals surface area contributed by atoms with Crippen molar-refractivity contribution in [3.05, 3.63) is 40.4 Å². The summed E-state index contributed by atoms with van der Waals surface area (Å²) in [5.74, 6) is 0.861. The van der Waals surface area contributed by atoms with E-state index in [4.69, 9.17) is 10.5 Å². The van der Waals surface area contributed by atoms with E-state index in [1.807, 2.05) is 25.1 Å². The predicted octanol–water partition coefficient (Wildman–Crippen LogP) is 3.25. The average molecular weight is 270 g/mol. The predicted molar refractivity (Wildman–Crippen MR) is 67.0 cm³/mol. The molecule has 2 N–H and O–H groups in total. The maximum absolute atomic E-state index is 5.60. The molecule has 0 spiro atoms. The number of hydrogen-bond acceptors (Lipinski definition) is 2. The van der Waals surface area contributed by atoms with Gasteiger partial charge in [-0.05, 0) is 30.7 Å². The van der Waals surface area contributed by atoms with Crippen LogP contribution in [0.25, 0.3) is 0 Å². The summed E-state index contributed by atoms with van der Waals surface area (Å²) in [5, 5.41) is 0. The first kappa shape index (κ1) is 12.3. The topological polar surface area (TPSA) is 35.2 Å². The van der Waals surface area contributed by atoms with E-state index in [-0.39, 0.29) is 0 Å². The Balaban J connectivity index is 2.58. The fourth-order valence-electron chi connectivity index (χ4n) is 1.14. The monoisotopic (exact) mass is 269 g/mol. The molecule has 0 aliphatic heterocycles. The third-order valence-corrected chi connectivity index (χ3v) is 2.81. The number of rotatable bonds is 5. The molecule has 0 radical (unpaired) electrons. The zero-order valence-corrected chi connectivity index (χ0v) is 10.5. The number of hydrogen-bond donors (Lipinski definition) is 1. The molecule has 0 fully saturated rings. The van der Waals surface area contributed by atoms with Gasteiger partial charge in [-0.2, -0.15) is 0 Å². The highest BCUT2D eigenvalue weighted by molar-refractivity contribution is 9.10. The van der Waals surface area contributed by atoms with Crippen molar-refractivity contribution in [2.24, 2.45) is 5.73 Å². The van der Waals surface area contributed by atoms with Crippen LogP contribution in [0.1, 0.15) is 18.9 Å². The van der Waals surface area contributed by atoms with Gasteiger partial charge in [0, 0.05) is 17.4 Å². The molecule has 1 aromatic carbocycles. The lowest BCUT2D eigenvalue weighted by Gasteiger charge is -2.08. The summed E-state index contributed by atoms with van der Waals surface area (Å²) in [6, 6.07) is 5.85. The normalized spacial score (nSPS) is 10.1. The van der Waals surface area contributed by atoms with Crippen LogP contribution in [0.3, 0.4) is 0 Å². The summed E-state index contributed by atoms with van der Waals surface area (Å²) < 4.78 is 6.60. The molecule has 0 unspecified atom stereocenters. The first-order valence-electron chi connectivity index (χ1n) is 4.89. The van der Waals surface area contributed by atoms with Crippen LogP contribution in [0.5, 0.6) is 5.75 Å². The zero-order chi connectivity index (χ0) is 11.3. The van der Waals surface area contributed by atoms with Gasteiger partial charge in [0.2, 0.25) is 0 Å². The molecule has 0 atom stereocenters. The first-order valence-corrected chi connectivity index (χ1v) is 5.68. The van der Waals surface area contributed by atoms with Crippen molar-refractivity contribution in [2.75, 3.05) is 6.61 Å². The highest BCUT2D eigenvalue weighted by Crippen LogP contribution is 2.22. The van der Waals surface area contributed by atoms with Crippen LogP contribution in [0, 0.1) is 0 Å². The van der Waals surface area contributed by atoms with Gasteiger partial charge in [-0.1, -0.05) is 21.5 Å². The molecule has 0 saturated carbocycles. The van der Waals surface area contributed by atoms with Crippen molar-refractivity contribution in [2.45, 2.75) is 19.9 Å². The lowest BCUT2D eigenvalue weighted by atomic mass is 10.2. The molecule has 15 heavy (non-hydrogen) atoms. The smallest absolute Gasteiger partial charge is 0.119 e. The summed E-state index contributed by atoms with van der Waals surface area (Å²) in [6.07, 6.45) is 0.883. The lowest BCUT2D eigenvalue weighted by Crippen LogP contribution is -2.01. The molecule has 0 amide bonds. The van der Waals surface area contributed by atoms with E-state index in [0.29, 0.717) is 13.2 Å². The maximum atomic E-state index is 5.60. The van der Waals surface area contributed by atoms with Crippen LogP contribution in [0.2, 0.25) is 0 Å². The van der Waals surface area contributed by atoms with Gasteiger partial charge >= 0.3 is 0 Å². The van der Waals surface area contributed by atoms with E-state index in [2.05, 4.69) is 22.5 Å². The van der Waals surface area contributed by atoms with Crippen LogP contribution < -0.4 is 10.5 Å². The Morgan fingerprint density at radius 2 is 2.27 bits per heavy atom. The number of halogens is 1. The Bertz CT molecular complexity index is 349. The summed E-state index contributed by atoms with van der Waals surface area (Å²) in [6.45, 7) is 7.00. The van der Waals surface area contributed by atoms with E-state index >= 15 is 0 Å². The number of ether oxygens (including phenoxy) is 1. The van der Waals surface area contributed by atoms with Crippen molar-refractivity contribution in [3.8, 4) is 5.75 Å². The highest BCUT2D eigenvalue weighted by Gasteiger charge is 2.00. The van der Waals surface area contributed by atoms with Crippen molar-refractivity contribution in [1.29, 1.82) is 0 Å². The van der Waals surface area contributed by atoms with Crippen molar-refractivity contribution in [3.63, 3.8) is 0 Å². The molecule has 0 aliphatic carbocycles. The van der Waals surface area contributed by atoms with E-state index in [0.717, 1.165) is 27.8 Å². The van der Waals surface area contributed by atoms with Crippen LogP contribution in [-0.2, 0) is 6.54 Å². The van der Waals surface area contributed by atoms with Gasteiger partial charge in [-0.3, -0.25) is 0 Å². The Kier molecular flexibility index (Phi) is 4.85. The first-order chi connectivity index (χ1) is 7.13. The molecule has 0 saturated heterocycles. The molecule has 82 valence electrons. The molecular formula is C12H16BrNO. The Morgan fingerprint density at radius 3 is 2.87 bits per heavy atom. The summed E-state index contributed by atoms with van der Waals surface area (Å²) in [4.78, 5) is 0. The molecule has 3 heteroatoms. The van der Waals surface area contributed by atoms with Gasteiger partial charge in [-0.15, -0.1) is 6.58 Å². The molecule has 1 aromatic rings. The molecule has 2 nitrogen and oxygen atoms in total. The third kappa shape index (κ3) is 4.06. The van der Waals surface area contributed by atoms with Gasteiger partial charge in [0.05, 0.1) is 6.61 Å². The quantitative estimate of drug-likeness (QED) is 0.833. The Hall–Kier alpha value is -0.800. The molecule has 0 bridgehead atoms. The van der Waals surface area contributed by atoms with E-state index in [1.165, 1.54) is 0 Å². The molecule has 1 rings (SSSR count). The van der Waals surface area contributed by atoms with Gasteiger partial charge in [0.1, 0.15) is 5.75 Å². The van der Waals surface area contributed by atoms with E-state index < -0.39 is 0 Å². The molecular weight excluding hydrogens is 254 g/mol. The van der Waals surface area contributed by atoms with Gasteiger partial charge < -0.3 is 10.5 Å². The van der Waals surface area contributed by atoms with Crippen molar-refractivity contribution >= 4 is 15.9 Å². The van der Waals surface area contributed by atoms with Crippen molar-refractivity contribution in [1.82, 2.24) is 0 Å². The summed E-state index contributed by atoms with van der Waals surface area (Å²) in [5.41, 5.74) is 7.79. The Morgan fingerprint density at radius 1 is 1.53 bits per heavy atom. The molecule has 0 heterocycles. The SMILES string of the molecule is C=C(C)CCOc1ccc(Br)c(CN)c1. The minimum absolute atomic E-state index is 0.512. The van der Waals surface area contributed by atoms with Crippen LogP contribution in [0.15, 0.2) is 34.8 Å². The highest BCUT2D eigenvalue weighted by atomic mass is 79.9. The van der Waals surface area contributed by atoms with Crippen molar-refractivity contribution < 1.29 is 4.74 Å². The second-order valence-corrected chi connectivity index (χ2v) is 4.37. The van der Waals surface area contributed by atoms with Crippen LogP contribution >= 0.6 is 15.9 Å². The second-order valence-electron chi connectivity index (χ2n) is 3.51. The third-order valence-electron chi connectivity index (χ3n) is 2.03. The fraction of sp³-hybridized carbons (Fsp3) is 0.333. The lowest BCUT2D eigenvalue weighted by molar-refractivity contribution is 0.321. The Labute approximate surface area is 99.3 Å². The van der Waals surface area contributed by atoms with Crippen LogP contribution in [-0.4, -0.2) is 6.61 Å². The average Bonchev–Trinajstić information content (AvgIpc) is 2.20. The maximum Gasteiger partial charge on any atom is 0.119 e. The largest absolute Gasteiger partial charge is 0.493 e. The standard InChI is InChI=1S/C12H16BrNO/c1-9(2)5-6-15-11-3-4-12(13)10(7-11)8-14/h3-4,7H,1,5-6,8,14H2,2H3. The molecule has 0 aliphatic rings. The van der Waals surface area contributed by atoms with E-state index in [1.54, 1.807) is 0 Å². The molecule has 0 aromatic heterocycles. The van der Waals surface area contributed by atoms with Gasteiger partial charge in [0.15, 0.2) is 0 Å². The van der Waals surface area contributed by atoms with E-state index in [9.17, 15) is 0 Å². The van der Waals surface area contributed by atoms with Gasteiger partial charge in [0.25, 0.3) is 0 Å².